The van der Waals surface area contributed by atoms with E-state index in [4.69, 9.17) is 0 Å². The van der Waals surface area contributed by atoms with Crippen molar-refractivity contribution in [2.45, 2.75) is 57.4 Å². The number of benzene rings is 1. The summed E-state index contributed by atoms with van der Waals surface area (Å²) in [5.41, 5.74) is 0. The molecule has 7 nitrogen and oxygen atoms in total. The summed E-state index contributed by atoms with van der Waals surface area (Å²) in [5, 5.41) is 3.08. The second-order valence-electron chi connectivity index (χ2n) is 9.13. The molecule has 2 amide bonds. The van der Waals surface area contributed by atoms with Crippen molar-refractivity contribution in [3.63, 3.8) is 0 Å². The molecule has 2 aliphatic heterocycles. The molecule has 172 valence electrons. The number of carbonyl (C=O) groups excluding carboxylic acids is 2. The normalized spacial score (nSPS) is 20.6. The van der Waals surface area contributed by atoms with E-state index in [-0.39, 0.29) is 29.7 Å². The molecule has 0 radical (unpaired) electrons. The average Bonchev–Trinajstić information content (AvgIpc) is 2.79. The van der Waals surface area contributed by atoms with E-state index in [1.165, 1.54) is 4.31 Å². The predicted molar refractivity (Wildman–Crippen MR) is 120 cm³/mol. The number of piperidine rings is 2. The summed E-state index contributed by atoms with van der Waals surface area (Å²) in [4.78, 5) is 27.6. The van der Waals surface area contributed by atoms with Crippen molar-refractivity contribution >= 4 is 21.8 Å². The number of nitrogens with one attached hydrogen (secondary N) is 1. The van der Waals surface area contributed by atoms with Crippen LogP contribution in [0.2, 0.25) is 0 Å². The lowest BCUT2D eigenvalue weighted by atomic mass is 9.92. The van der Waals surface area contributed by atoms with Crippen molar-refractivity contribution in [3.05, 3.63) is 30.3 Å². The molecule has 8 heteroatoms. The van der Waals surface area contributed by atoms with E-state index in [1.807, 2.05) is 11.8 Å². The lowest BCUT2D eigenvalue weighted by Gasteiger charge is -2.37. The van der Waals surface area contributed by atoms with Gasteiger partial charge >= 0.3 is 0 Å². The molecular weight excluding hydrogens is 414 g/mol. The minimum atomic E-state index is -3.51. The third-order valence-electron chi connectivity index (χ3n) is 6.73. The van der Waals surface area contributed by atoms with Gasteiger partial charge < -0.3 is 10.2 Å². The molecule has 1 unspecified atom stereocenters. The maximum atomic E-state index is 13.0. The molecule has 1 aromatic rings. The average molecular weight is 450 g/mol. The Kier molecular flexibility index (Phi) is 7.75. The van der Waals surface area contributed by atoms with E-state index in [9.17, 15) is 18.0 Å². The first-order chi connectivity index (χ1) is 14.7. The summed E-state index contributed by atoms with van der Waals surface area (Å²) in [5.74, 6) is 0.401. The Morgan fingerprint density at radius 2 is 1.45 bits per heavy atom. The van der Waals surface area contributed by atoms with Crippen LogP contribution in [-0.4, -0.2) is 61.7 Å². The predicted octanol–water partition coefficient (Wildman–Crippen LogP) is 2.49. The Morgan fingerprint density at radius 1 is 0.903 bits per heavy atom. The first kappa shape index (κ1) is 23.7. The standard InChI is InChI=1S/C23H35N3O4S/c1-17(2)18(3)24-22(27)19-9-13-25(14-10-19)23(28)20-11-15-26(16-12-20)31(29,30)21-7-5-4-6-8-21/h4-8,17-20H,9-16H2,1-3H3,(H,24,27). The van der Waals surface area contributed by atoms with Crippen LogP contribution in [0.1, 0.15) is 46.5 Å². The lowest BCUT2D eigenvalue weighted by molar-refractivity contribution is -0.140. The highest BCUT2D eigenvalue weighted by molar-refractivity contribution is 7.89. The van der Waals surface area contributed by atoms with Crippen LogP contribution in [-0.2, 0) is 19.6 Å². The number of hydrogen-bond acceptors (Lipinski definition) is 4. The van der Waals surface area contributed by atoms with Gasteiger partial charge in [0.15, 0.2) is 0 Å². The molecule has 1 N–H and O–H groups in total. The van der Waals surface area contributed by atoms with Gasteiger partial charge in [0.2, 0.25) is 21.8 Å². The SMILES string of the molecule is CC(C)C(C)NC(=O)C1CCN(C(=O)C2CCN(S(=O)(=O)c3ccccc3)CC2)CC1. The number of sulfonamides is 1. The Morgan fingerprint density at radius 3 is 2.00 bits per heavy atom. The molecule has 2 saturated heterocycles. The highest BCUT2D eigenvalue weighted by Gasteiger charge is 2.35. The molecule has 2 heterocycles. The van der Waals surface area contributed by atoms with Gasteiger partial charge in [-0.3, -0.25) is 9.59 Å². The molecule has 0 bridgehead atoms. The maximum Gasteiger partial charge on any atom is 0.243 e. The topological polar surface area (TPSA) is 86.8 Å². The van der Waals surface area contributed by atoms with Crippen molar-refractivity contribution in [2.24, 2.45) is 17.8 Å². The van der Waals surface area contributed by atoms with E-state index in [1.54, 1.807) is 30.3 Å². The van der Waals surface area contributed by atoms with Crippen molar-refractivity contribution < 1.29 is 18.0 Å². The maximum absolute atomic E-state index is 13.0. The molecule has 2 fully saturated rings. The molecule has 31 heavy (non-hydrogen) atoms. The molecule has 0 aromatic heterocycles. The largest absolute Gasteiger partial charge is 0.353 e. The summed E-state index contributed by atoms with van der Waals surface area (Å²) in [6, 6.07) is 8.59. The Labute approximate surface area is 186 Å². The van der Waals surface area contributed by atoms with Crippen molar-refractivity contribution in [3.8, 4) is 0 Å². The molecule has 1 aromatic carbocycles. The Hall–Kier alpha value is -1.93. The third kappa shape index (κ3) is 5.66. The van der Waals surface area contributed by atoms with Crippen LogP contribution in [0.4, 0.5) is 0 Å². The van der Waals surface area contributed by atoms with Gasteiger partial charge in [-0.2, -0.15) is 4.31 Å². The fourth-order valence-electron chi connectivity index (χ4n) is 4.21. The van der Waals surface area contributed by atoms with Gasteiger partial charge in [0.1, 0.15) is 0 Å². The Balaban J connectivity index is 1.48. The molecule has 1 atom stereocenters. The summed E-state index contributed by atoms with van der Waals surface area (Å²) >= 11 is 0. The third-order valence-corrected chi connectivity index (χ3v) is 8.64. The monoisotopic (exact) mass is 449 g/mol. The summed E-state index contributed by atoms with van der Waals surface area (Å²) in [6.07, 6.45) is 2.45. The minimum Gasteiger partial charge on any atom is -0.353 e. The molecule has 0 saturated carbocycles. The molecule has 0 aliphatic carbocycles. The van der Waals surface area contributed by atoms with Gasteiger partial charge in [-0.25, -0.2) is 8.42 Å². The second-order valence-corrected chi connectivity index (χ2v) is 11.1. The van der Waals surface area contributed by atoms with E-state index in [0.717, 1.165) is 0 Å². The van der Waals surface area contributed by atoms with Gasteiger partial charge in [0.25, 0.3) is 0 Å². The number of amides is 2. The smallest absolute Gasteiger partial charge is 0.243 e. The Bertz CT molecular complexity index is 856. The molecule has 0 spiro atoms. The van der Waals surface area contributed by atoms with Crippen LogP contribution in [0.25, 0.3) is 0 Å². The fraction of sp³-hybridized carbons (Fsp3) is 0.652. The summed E-state index contributed by atoms with van der Waals surface area (Å²) < 4.78 is 27.0. The zero-order valence-corrected chi connectivity index (χ0v) is 19.6. The van der Waals surface area contributed by atoms with E-state index >= 15 is 0 Å². The summed E-state index contributed by atoms with van der Waals surface area (Å²) in [6.45, 7) is 8.10. The second kappa shape index (κ2) is 10.1. The quantitative estimate of drug-likeness (QED) is 0.723. The van der Waals surface area contributed by atoms with Crippen LogP contribution in [0.3, 0.4) is 0 Å². The highest BCUT2D eigenvalue weighted by atomic mass is 32.2. The minimum absolute atomic E-state index is 0.0388. The fourth-order valence-corrected chi connectivity index (χ4v) is 5.70. The van der Waals surface area contributed by atoms with Gasteiger partial charge in [-0.1, -0.05) is 32.0 Å². The zero-order valence-electron chi connectivity index (χ0n) is 18.8. The van der Waals surface area contributed by atoms with E-state index in [2.05, 4.69) is 19.2 Å². The van der Waals surface area contributed by atoms with Gasteiger partial charge in [-0.05, 0) is 50.7 Å². The van der Waals surface area contributed by atoms with Crippen LogP contribution < -0.4 is 5.32 Å². The number of hydrogen-bond donors (Lipinski definition) is 1. The van der Waals surface area contributed by atoms with Crippen LogP contribution in [0.5, 0.6) is 0 Å². The molecule has 3 rings (SSSR count). The van der Waals surface area contributed by atoms with E-state index < -0.39 is 10.0 Å². The molecular formula is C23H35N3O4S. The number of carbonyl (C=O) groups is 2. The van der Waals surface area contributed by atoms with Crippen LogP contribution in [0, 0.1) is 17.8 Å². The summed E-state index contributed by atoms with van der Waals surface area (Å²) in [7, 11) is -3.51. The van der Waals surface area contributed by atoms with Crippen LogP contribution >= 0.6 is 0 Å². The van der Waals surface area contributed by atoms with Gasteiger partial charge in [0.05, 0.1) is 4.90 Å². The zero-order chi connectivity index (χ0) is 22.6. The van der Waals surface area contributed by atoms with Crippen molar-refractivity contribution in [2.75, 3.05) is 26.2 Å². The van der Waals surface area contributed by atoms with Gasteiger partial charge in [0, 0.05) is 44.1 Å². The number of likely N-dealkylation sites (tertiary alicyclic amines) is 1. The van der Waals surface area contributed by atoms with Gasteiger partial charge in [-0.15, -0.1) is 0 Å². The molecule has 2 aliphatic rings. The van der Waals surface area contributed by atoms with E-state index in [0.29, 0.717) is 62.7 Å². The van der Waals surface area contributed by atoms with Crippen LogP contribution in [0.15, 0.2) is 35.2 Å². The number of nitrogens with zero attached hydrogens (tertiary/aromatic N) is 2. The first-order valence-corrected chi connectivity index (χ1v) is 12.8. The van der Waals surface area contributed by atoms with Crippen molar-refractivity contribution in [1.29, 1.82) is 0 Å². The first-order valence-electron chi connectivity index (χ1n) is 11.3. The highest BCUT2D eigenvalue weighted by Crippen LogP contribution is 2.27. The van der Waals surface area contributed by atoms with Crippen molar-refractivity contribution in [1.82, 2.24) is 14.5 Å². The lowest BCUT2D eigenvalue weighted by Crippen LogP contribution is -2.49. The number of rotatable bonds is 6.